The molecule has 0 bridgehead atoms. The molecule has 194 valence electrons. The minimum absolute atomic E-state index is 0.0884. The second-order valence-corrected chi connectivity index (χ2v) is 9.16. The fourth-order valence-corrected chi connectivity index (χ4v) is 4.56. The number of amides is 1. The van der Waals surface area contributed by atoms with Crippen LogP contribution in [0.15, 0.2) is 60.7 Å². The molecule has 0 fully saturated rings. The highest BCUT2D eigenvalue weighted by atomic mass is 16.5. The summed E-state index contributed by atoms with van der Waals surface area (Å²) in [5, 5.41) is 3.07. The second-order valence-electron chi connectivity index (χ2n) is 9.16. The Labute approximate surface area is 215 Å². The fourth-order valence-electron chi connectivity index (χ4n) is 4.56. The predicted octanol–water partition coefficient (Wildman–Crippen LogP) is 6.07. The molecular weight excluding hydrogens is 454 g/mol. The van der Waals surface area contributed by atoms with Gasteiger partial charge in [-0.25, -0.2) is 0 Å². The van der Waals surface area contributed by atoms with Crippen molar-refractivity contribution in [3.63, 3.8) is 0 Å². The molecule has 0 unspecified atom stereocenters. The van der Waals surface area contributed by atoms with Gasteiger partial charge in [-0.2, -0.15) is 0 Å². The van der Waals surface area contributed by atoms with Crippen LogP contribution in [-0.4, -0.2) is 38.2 Å². The van der Waals surface area contributed by atoms with E-state index in [2.05, 4.69) is 12.2 Å². The highest BCUT2D eigenvalue weighted by molar-refractivity contribution is 5.94. The van der Waals surface area contributed by atoms with Crippen molar-refractivity contribution in [2.75, 3.05) is 20.3 Å². The van der Waals surface area contributed by atoms with Crippen LogP contribution in [0.5, 0.6) is 11.5 Å². The highest BCUT2D eigenvalue weighted by Crippen LogP contribution is 2.35. The van der Waals surface area contributed by atoms with Crippen molar-refractivity contribution < 1.29 is 23.8 Å². The quantitative estimate of drug-likeness (QED) is 0.197. The van der Waals surface area contributed by atoms with Gasteiger partial charge in [0.2, 0.25) is 0 Å². The van der Waals surface area contributed by atoms with Gasteiger partial charge in [0.15, 0.2) is 0 Å². The Bertz CT molecular complexity index is 1000. The lowest BCUT2D eigenvalue weighted by molar-refractivity contribution is -0.146. The summed E-state index contributed by atoms with van der Waals surface area (Å²) in [6, 6.07) is 14.6. The van der Waals surface area contributed by atoms with Crippen molar-refractivity contribution >= 4 is 11.9 Å². The van der Waals surface area contributed by atoms with Gasteiger partial charge in [-0.05, 0) is 67.6 Å². The van der Waals surface area contributed by atoms with Crippen LogP contribution in [0.1, 0.15) is 74.2 Å². The van der Waals surface area contributed by atoms with Gasteiger partial charge in [0.25, 0.3) is 5.91 Å². The number of allylic oxidation sites excluding steroid dienone is 1. The van der Waals surface area contributed by atoms with Crippen LogP contribution in [0.25, 0.3) is 0 Å². The smallest absolute Gasteiger partial charge is 0.314 e. The molecule has 0 aromatic heterocycles. The van der Waals surface area contributed by atoms with Crippen molar-refractivity contribution in [3.8, 4) is 11.5 Å². The zero-order chi connectivity index (χ0) is 25.8. The van der Waals surface area contributed by atoms with Gasteiger partial charge < -0.3 is 19.5 Å². The number of carbonyl (C=O) groups excluding carboxylic acids is 2. The Balaban J connectivity index is 1.55. The van der Waals surface area contributed by atoms with Crippen LogP contribution >= 0.6 is 0 Å². The van der Waals surface area contributed by atoms with Gasteiger partial charge >= 0.3 is 5.97 Å². The molecule has 6 heteroatoms. The van der Waals surface area contributed by atoms with E-state index < -0.39 is 5.92 Å². The molecule has 1 amide bonds. The van der Waals surface area contributed by atoms with Crippen LogP contribution in [0.2, 0.25) is 0 Å². The van der Waals surface area contributed by atoms with Gasteiger partial charge in [0.1, 0.15) is 11.5 Å². The first-order valence-electron chi connectivity index (χ1n) is 13.1. The first-order chi connectivity index (χ1) is 17.5. The summed E-state index contributed by atoms with van der Waals surface area (Å²) in [5.74, 6) is 0.501. The molecule has 0 saturated carbocycles. The number of carbonyl (C=O) groups is 2. The molecule has 0 saturated heterocycles. The summed E-state index contributed by atoms with van der Waals surface area (Å²) in [4.78, 5) is 25.7. The third kappa shape index (κ3) is 7.87. The predicted molar refractivity (Wildman–Crippen MR) is 142 cm³/mol. The Morgan fingerprint density at radius 3 is 2.47 bits per heavy atom. The Hall–Kier alpha value is -3.28. The van der Waals surface area contributed by atoms with Crippen LogP contribution in [0.3, 0.4) is 0 Å². The maximum absolute atomic E-state index is 12.9. The van der Waals surface area contributed by atoms with Crippen molar-refractivity contribution in [3.05, 3.63) is 71.8 Å². The maximum Gasteiger partial charge on any atom is 0.314 e. The normalized spacial score (nSPS) is 17.4. The number of methoxy groups -OCH3 is 1. The highest BCUT2D eigenvalue weighted by Gasteiger charge is 2.34. The lowest BCUT2D eigenvalue weighted by Crippen LogP contribution is -2.33. The molecule has 1 aliphatic rings. The van der Waals surface area contributed by atoms with E-state index in [1.807, 2.05) is 48.6 Å². The largest absolute Gasteiger partial charge is 0.497 e. The zero-order valence-electron chi connectivity index (χ0n) is 21.7. The average Bonchev–Trinajstić information content (AvgIpc) is 3.34. The molecule has 3 atom stereocenters. The number of benzene rings is 2. The number of hydrogen-bond donors (Lipinski definition) is 1. The van der Waals surface area contributed by atoms with Crippen molar-refractivity contribution in [1.82, 2.24) is 5.32 Å². The lowest BCUT2D eigenvalue weighted by atomic mass is 9.85. The van der Waals surface area contributed by atoms with Gasteiger partial charge in [-0.1, -0.05) is 56.9 Å². The summed E-state index contributed by atoms with van der Waals surface area (Å²) < 4.78 is 16.5. The average molecular weight is 494 g/mol. The Morgan fingerprint density at radius 2 is 1.75 bits per heavy atom. The maximum atomic E-state index is 12.9. The molecule has 3 rings (SSSR count). The molecule has 1 aliphatic carbocycles. The van der Waals surface area contributed by atoms with E-state index in [-0.39, 0.29) is 23.8 Å². The molecule has 1 N–H and O–H groups in total. The van der Waals surface area contributed by atoms with E-state index in [1.54, 1.807) is 26.2 Å². The topological polar surface area (TPSA) is 73.9 Å². The lowest BCUT2D eigenvalue weighted by Gasteiger charge is -2.23. The van der Waals surface area contributed by atoms with Gasteiger partial charge in [0.05, 0.1) is 26.2 Å². The molecule has 36 heavy (non-hydrogen) atoms. The second kappa shape index (κ2) is 14.3. The number of hydrogen-bond acceptors (Lipinski definition) is 5. The first-order valence-corrected chi connectivity index (χ1v) is 13.1. The number of esters is 1. The zero-order valence-corrected chi connectivity index (χ0v) is 21.7. The van der Waals surface area contributed by atoms with Crippen LogP contribution in [0, 0.1) is 5.92 Å². The molecule has 2 aromatic rings. The third-order valence-electron chi connectivity index (χ3n) is 6.49. The Kier molecular flexibility index (Phi) is 10.9. The number of ether oxygens (including phenoxy) is 3. The van der Waals surface area contributed by atoms with E-state index in [4.69, 9.17) is 14.2 Å². The van der Waals surface area contributed by atoms with Gasteiger partial charge in [-0.15, -0.1) is 0 Å². The summed E-state index contributed by atoms with van der Waals surface area (Å²) in [7, 11) is 1.60. The fraction of sp³-hybridized carbons (Fsp3) is 0.467. The van der Waals surface area contributed by atoms with Crippen molar-refractivity contribution in [2.24, 2.45) is 5.92 Å². The van der Waals surface area contributed by atoms with Crippen LogP contribution in [0.4, 0.5) is 0 Å². The minimum Gasteiger partial charge on any atom is -0.497 e. The SMILES string of the molecule is CCCCCCCOc1ccc(C(=O)N[C@@H]2C=C[C@@H]([C@H](C(=O)OCC)c3cccc(OC)c3)C2)cc1. The molecule has 0 spiro atoms. The van der Waals surface area contributed by atoms with E-state index >= 15 is 0 Å². The molecule has 2 aromatic carbocycles. The number of unbranched alkanes of at least 4 members (excludes halogenated alkanes) is 4. The van der Waals surface area contributed by atoms with Crippen LogP contribution in [-0.2, 0) is 9.53 Å². The summed E-state index contributed by atoms with van der Waals surface area (Å²) in [6.45, 7) is 5.02. The van der Waals surface area contributed by atoms with E-state index in [9.17, 15) is 9.59 Å². The summed E-state index contributed by atoms with van der Waals surface area (Å²) in [6.07, 6.45) is 10.6. The van der Waals surface area contributed by atoms with E-state index in [0.717, 1.165) is 17.7 Å². The van der Waals surface area contributed by atoms with Crippen LogP contribution < -0.4 is 14.8 Å². The molecule has 0 radical (unpaired) electrons. The van der Waals surface area contributed by atoms with Crippen molar-refractivity contribution in [1.29, 1.82) is 0 Å². The van der Waals surface area contributed by atoms with Gasteiger partial charge in [-0.3, -0.25) is 9.59 Å². The monoisotopic (exact) mass is 493 g/mol. The molecule has 0 aliphatic heterocycles. The first kappa shape index (κ1) is 27.3. The summed E-state index contributed by atoms with van der Waals surface area (Å²) >= 11 is 0. The third-order valence-corrected chi connectivity index (χ3v) is 6.49. The van der Waals surface area contributed by atoms with E-state index in [0.29, 0.717) is 30.9 Å². The minimum atomic E-state index is -0.461. The van der Waals surface area contributed by atoms with Crippen molar-refractivity contribution in [2.45, 2.75) is 64.3 Å². The Morgan fingerprint density at radius 1 is 0.972 bits per heavy atom. The molecule has 0 heterocycles. The molecular formula is C30H39NO5. The summed E-state index contributed by atoms with van der Waals surface area (Å²) in [5.41, 5.74) is 1.42. The van der Waals surface area contributed by atoms with E-state index in [1.165, 1.54) is 25.7 Å². The standard InChI is InChI=1S/C30H39NO5/c1-4-6-7-8-9-19-36-26-17-14-22(15-18-26)29(32)31-25-16-13-24(20-25)28(30(33)35-5-2)23-11-10-12-27(21-23)34-3/h10-18,21,24-25,28H,4-9,19-20H2,1-3H3,(H,31,32)/t24-,25-,28-/m1/s1. The molecule has 6 nitrogen and oxygen atoms in total. The number of rotatable bonds is 14. The van der Waals surface area contributed by atoms with Gasteiger partial charge in [0, 0.05) is 11.6 Å². The number of nitrogens with one attached hydrogen (secondary N) is 1.